The topological polar surface area (TPSA) is 94.3 Å². The average molecular weight is 290 g/mol. The second kappa shape index (κ2) is 5.69. The van der Waals surface area contributed by atoms with E-state index in [0.717, 1.165) is 31.5 Å². The van der Waals surface area contributed by atoms with E-state index in [9.17, 15) is 14.4 Å². The largest absolute Gasteiger partial charge is 0.329 e. The third-order valence-electron chi connectivity index (χ3n) is 4.05. The maximum atomic E-state index is 12.3. The van der Waals surface area contributed by atoms with Crippen LogP contribution in [0.1, 0.15) is 30.7 Å². The molecule has 0 radical (unpaired) electrons. The summed E-state index contributed by atoms with van der Waals surface area (Å²) in [6, 6.07) is 3.05. The van der Waals surface area contributed by atoms with E-state index in [2.05, 4.69) is 15.6 Å². The van der Waals surface area contributed by atoms with Crippen LogP contribution in [0.15, 0.2) is 16.9 Å². The summed E-state index contributed by atoms with van der Waals surface area (Å²) < 4.78 is 0. The summed E-state index contributed by atoms with van der Waals surface area (Å²) in [5.74, 6) is 0.411. The lowest BCUT2D eigenvalue weighted by molar-refractivity contribution is -0.120. The van der Waals surface area contributed by atoms with Gasteiger partial charge in [-0.2, -0.15) is 0 Å². The molecular weight excluding hydrogens is 272 g/mol. The zero-order chi connectivity index (χ0) is 14.8. The number of pyridine rings is 1. The molecule has 0 atom stereocenters. The number of aromatic nitrogens is 1. The van der Waals surface area contributed by atoms with Crippen molar-refractivity contribution in [1.29, 1.82) is 0 Å². The summed E-state index contributed by atoms with van der Waals surface area (Å²) in [5, 5.41) is 5.51. The molecule has 3 amide bonds. The van der Waals surface area contributed by atoms with Gasteiger partial charge in [0.25, 0.3) is 5.56 Å². The van der Waals surface area contributed by atoms with Gasteiger partial charge in [-0.05, 0) is 44.0 Å². The number of hydrogen-bond donors (Lipinski definition) is 3. The first-order chi connectivity index (χ1) is 10.1. The number of hydrogen-bond acceptors (Lipinski definition) is 4. The predicted molar refractivity (Wildman–Crippen MR) is 77.4 cm³/mol. The van der Waals surface area contributed by atoms with Crippen LogP contribution in [0.4, 0.5) is 10.6 Å². The van der Waals surface area contributed by atoms with Crippen LogP contribution in [-0.4, -0.2) is 36.6 Å². The Morgan fingerprint density at radius 2 is 1.86 bits per heavy atom. The molecule has 7 nitrogen and oxygen atoms in total. The second-order valence-corrected chi connectivity index (χ2v) is 5.41. The van der Waals surface area contributed by atoms with Gasteiger partial charge in [0.05, 0.1) is 0 Å². The molecule has 2 fully saturated rings. The number of nitrogens with one attached hydrogen (secondary N) is 3. The maximum Gasteiger partial charge on any atom is 0.329 e. The van der Waals surface area contributed by atoms with Gasteiger partial charge >= 0.3 is 6.03 Å². The summed E-state index contributed by atoms with van der Waals surface area (Å²) in [5.41, 5.74) is 0.623. The van der Waals surface area contributed by atoms with E-state index in [4.69, 9.17) is 0 Å². The van der Waals surface area contributed by atoms with Gasteiger partial charge in [-0.25, -0.2) is 4.79 Å². The fourth-order valence-corrected chi connectivity index (χ4v) is 2.88. The Labute approximate surface area is 121 Å². The van der Waals surface area contributed by atoms with Crippen molar-refractivity contribution in [2.24, 2.45) is 0 Å². The molecule has 21 heavy (non-hydrogen) atoms. The van der Waals surface area contributed by atoms with E-state index in [1.165, 1.54) is 4.90 Å². The molecule has 0 unspecified atom stereocenters. The number of amides is 3. The summed E-state index contributed by atoms with van der Waals surface area (Å²) in [7, 11) is 0. The molecule has 0 saturated carbocycles. The highest BCUT2D eigenvalue weighted by Crippen LogP contribution is 2.23. The van der Waals surface area contributed by atoms with Gasteiger partial charge in [0.1, 0.15) is 5.82 Å². The quantitative estimate of drug-likeness (QED) is 0.729. The number of carbonyl (C=O) groups is 2. The first-order valence-electron chi connectivity index (χ1n) is 7.20. The summed E-state index contributed by atoms with van der Waals surface area (Å²) in [6.45, 7) is 2.12. The third kappa shape index (κ3) is 2.82. The maximum absolute atomic E-state index is 12.3. The van der Waals surface area contributed by atoms with Crippen molar-refractivity contribution in [3.63, 3.8) is 0 Å². The van der Waals surface area contributed by atoms with Crippen molar-refractivity contribution in [3.05, 3.63) is 28.0 Å². The summed E-state index contributed by atoms with van der Waals surface area (Å²) >= 11 is 0. The standard InChI is InChI=1S/C14H18N4O3/c19-12-5-8-18(14(21)17-12)11-2-1-10(13(20)16-11)9-3-6-15-7-4-9/h1-2,9,15H,3-8H2,(H,16,20)(H,17,19,21). The molecule has 0 spiro atoms. The Morgan fingerprint density at radius 3 is 2.52 bits per heavy atom. The fourth-order valence-electron chi connectivity index (χ4n) is 2.88. The van der Waals surface area contributed by atoms with E-state index < -0.39 is 6.03 Å². The van der Waals surface area contributed by atoms with Crippen molar-refractivity contribution in [2.45, 2.75) is 25.2 Å². The van der Waals surface area contributed by atoms with Crippen LogP contribution in [0.5, 0.6) is 0 Å². The van der Waals surface area contributed by atoms with Crippen LogP contribution in [-0.2, 0) is 4.79 Å². The molecule has 7 heteroatoms. The molecule has 3 heterocycles. The minimum atomic E-state index is -0.489. The van der Waals surface area contributed by atoms with E-state index in [-0.39, 0.29) is 30.3 Å². The SMILES string of the molecule is O=C1CCN(c2ccc(C3CCNCC3)c(=O)[nH]2)C(=O)N1. The predicted octanol–water partition coefficient (Wildman–Crippen LogP) is 0.288. The number of carbonyl (C=O) groups excluding carboxylic acids is 2. The number of rotatable bonds is 2. The minimum Gasteiger partial charge on any atom is -0.317 e. The normalized spacial score (nSPS) is 20.5. The zero-order valence-corrected chi connectivity index (χ0v) is 11.6. The second-order valence-electron chi connectivity index (χ2n) is 5.41. The number of urea groups is 1. The highest BCUT2D eigenvalue weighted by molar-refractivity contribution is 6.05. The van der Waals surface area contributed by atoms with E-state index in [0.29, 0.717) is 5.82 Å². The lowest BCUT2D eigenvalue weighted by Gasteiger charge is -2.27. The van der Waals surface area contributed by atoms with Gasteiger partial charge < -0.3 is 10.3 Å². The van der Waals surface area contributed by atoms with Gasteiger partial charge in [0, 0.05) is 18.5 Å². The first-order valence-corrected chi connectivity index (χ1v) is 7.20. The average Bonchev–Trinajstić information content (AvgIpc) is 2.48. The molecule has 2 aliphatic rings. The van der Waals surface area contributed by atoms with Crippen LogP contribution in [0, 0.1) is 0 Å². The highest BCUT2D eigenvalue weighted by atomic mass is 16.2. The number of nitrogens with zero attached hydrogens (tertiary/aromatic N) is 1. The van der Waals surface area contributed by atoms with Gasteiger partial charge in [-0.1, -0.05) is 0 Å². The monoisotopic (exact) mass is 290 g/mol. The molecule has 2 aliphatic heterocycles. The Hall–Kier alpha value is -2.15. The lowest BCUT2D eigenvalue weighted by Crippen LogP contribution is -2.50. The van der Waals surface area contributed by atoms with E-state index in [1.54, 1.807) is 12.1 Å². The smallest absolute Gasteiger partial charge is 0.317 e. The van der Waals surface area contributed by atoms with Crippen molar-refractivity contribution < 1.29 is 9.59 Å². The molecule has 1 aromatic rings. The highest BCUT2D eigenvalue weighted by Gasteiger charge is 2.25. The van der Waals surface area contributed by atoms with Crippen LogP contribution in [0.3, 0.4) is 0 Å². The molecule has 2 saturated heterocycles. The number of piperidine rings is 1. The van der Waals surface area contributed by atoms with Crippen LogP contribution in [0.25, 0.3) is 0 Å². The zero-order valence-electron chi connectivity index (χ0n) is 11.6. The molecule has 1 aromatic heterocycles. The van der Waals surface area contributed by atoms with Crippen LogP contribution in [0.2, 0.25) is 0 Å². The number of aromatic amines is 1. The van der Waals surface area contributed by atoms with Crippen molar-refractivity contribution in [3.8, 4) is 0 Å². The van der Waals surface area contributed by atoms with Crippen LogP contribution < -0.4 is 21.1 Å². The van der Waals surface area contributed by atoms with Crippen molar-refractivity contribution in [1.82, 2.24) is 15.6 Å². The van der Waals surface area contributed by atoms with Gasteiger partial charge in [0.15, 0.2) is 0 Å². The molecule has 0 bridgehead atoms. The molecule has 3 N–H and O–H groups in total. The lowest BCUT2D eigenvalue weighted by atomic mass is 9.91. The molecular formula is C14H18N4O3. The minimum absolute atomic E-state index is 0.149. The summed E-state index contributed by atoms with van der Waals surface area (Å²) in [6.07, 6.45) is 2.13. The molecule has 112 valence electrons. The van der Waals surface area contributed by atoms with Gasteiger partial charge in [-0.15, -0.1) is 0 Å². The first kappa shape index (κ1) is 13.8. The molecule has 0 aliphatic carbocycles. The molecule has 3 rings (SSSR count). The Kier molecular flexibility index (Phi) is 3.74. The number of H-pyrrole nitrogens is 1. The van der Waals surface area contributed by atoms with Crippen molar-refractivity contribution in [2.75, 3.05) is 24.5 Å². The van der Waals surface area contributed by atoms with Crippen molar-refractivity contribution >= 4 is 17.8 Å². The summed E-state index contributed by atoms with van der Waals surface area (Å²) in [4.78, 5) is 39.3. The number of anilines is 1. The Balaban J connectivity index is 1.82. The molecule has 0 aromatic carbocycles. The van der Waals surface area contributed by atoms with E-state index >= 15 is 0 Å². The van der Waals surface area contributed by atoms with Gasteiger partial charge in [0.2, 0.25) is 5.91 Å². The van der Waals surface area contributed by atoms with Gasteiger partial charge in [-0.3, -0.25) is 19.8 Å². The third-order valence-corrected chi connectivity index (χ3v) is 4.05. The number of imide groups is 1. The fraction of sp³-hybridized carbons (Fsp3) is 0.500. The Bertz CT molecular complexity index is 619. The Morgan fingerprint density at radius 1 is 1.10 bits per heavy atom. The van der Waals surface area contributed by atoms with E-state index in [1.807, 2.05) is 0 Å². The van der Waals surface area contributed by atoms with Crippen LogP contribution >= 0.6 is 0 Å².